The molecular formula is C12H11N3O5. The standard InChI is InChI=1S/C12H11N3O5/c1-6-7(2)14-20-12(6)13-11(17)9-5-8(16)3-4-10(9)15(18)19/h3-5,16H,1-2H3,(H,13,17). The molecule has 20 heavy (non-hydrogen) atoms. The van der Waals surface area contributed by atoms with Crippen molar-refractivity contribution in [1.82, 2.24) is 5.16 Å². The average molecular weight is 277 g/mol. The van der Waals surface area contributed by atoms with Crippen LogP contribution < -0.4 is 5.32 Å². The number of anilines is 1. The van der Waals surface area contributed by atoms with E-state index < -0.39 is 16.5 Å². The summed E-state index contributed by atoms with van der Waals surface area (Å²) in [6.07, 6.45) is 0. The maximum atomic E-state index is 12.0. The highest BCUT2D eigenvalue weighted by Crippen LogP contribution is 2.25. The number of nitro benzene ring substituents is 1. The lowest BCUT2D eigenvalue weighted by Crippen LogP contribution is -2.14. The number of carbonyl (C=O) groups excluding carboxylic acids is 1. The van der Waals surface area contributed by atoms with Crippen LogP contribution in [-0.4, -0.2) is 21.1 Å². The fourth-order valence-corrected chi connectivity index (χ4v) is 1.57. The number of nitro groups is 1. The topological polar surface area (TPSA) is 118 Å². The molecule has 0 fully saturated rings. The molecule has 0 aliphatic carbocycles. The van der Waals surface area contributed by atoms with E-state index in [4.69, 9.17) is 4.52 Å². The highest BCUT2D eigenvalue weighted by molar-refractivity contribution is 6.07. The van der Waals surface area contributed by atoms with Gasteiger partial charge in [0.05, 0.1) is 10.6 Å². The molecule has 0 aliphatic heterocycles. The number of amides is 1. The summed E-state index contributed by atoms with van der Waals surface area (Å²) < 4.78 is 4.90. The van der Waals surface area contributed by atoms with Crippen LogP contribution in [0.4, 0.5) is 11.6 Å². The Morgan fingerprint density at radius 2 is 2.15 bits per heavy atom. The summed E-state index contributed by atoms with van der Waals surface area (Å²) in [5.41, 5.74) is 0.560. The number of phenolic OH excluding ortho intramolecular Hbond substituents is 1. The van der Waals surface area contributed by atoms with Gasteiger partial charge in [0, 0.05) is 11.6 Å². The largest absolute Gasteiger partial charge is 0.508 e. The van der Waals surface area contributed by atoms with Gasteiger partial charge in [-0.1, -0.05) is 5.16 Å². The second-order valence-electron chi connectivity index (χ2n) is 4.13. The number of hydrogen-bond donors (Lipinski definition) is 2. The fourth-order valence-electron chi connectivity index (χ4n) is 1.57. The SMILES string of the molecule is Cc1noc(NC(=O)c2cc(O)ccc2[N+](=O)[O-])c1C. The molecule has 2 N–H and O–H groups in total. The van der Waals surface area contributed by atoms with E-state index >= 15 is 0 Å². The summed E-state index contributed by atoms with van der Waals surface area (Å²) in [7, 11) is 0. The fraction of sp³-hybridized carbons (Fsp3) is 0.167. The zero-order valence-electron chi connectivity index (χ0n) is 10.7. The molecule has 0 unspecified atom stereocenters. The Morgan fingerprint density at radius 1 is 1.45 bits per heavy atom. The van der Waals surface area contributed by atoms with Gasteiger partial charge in [-0.2, -0.15) is 0 Å². The molecule has 8 heteroatoms. The van der Waals surface area contributed by atoms with Crippen molar-refractivity contribution < 1.29 is 19.3 Å². The molecule has 8 nitrogen and oxygen atoms in total. The molecule has 1 heterocycles. The zero-order chi connectivity index (χ0) is 14.9. The van der Waals surface area contributed by atoms with Crippen LogP contribution in [0.25, 0.3) is 0 Å². The molecule has 0 atom stereocenters. The van der Waals surface area contributed by atoms with Gasteiger partial charge in [-0.3, -0.25) is 20.2 Å². The minimum atomic E-state index is -0.758. The predicted molar refractivity (Wildman–Crippen MR) is 68.7 cm³/mol. The van der Waals surface area contributed by atoms with Crippen LogP contribution in [0.3, 0.4) is 0 Å². The van der Waals surface area contributed by atoms with Crippen molar-refractivity contribution >= 4 is 17.5 Å². The molecule has 1 amide bonds. The summed E-state index contributed by atoms with van der Waals surface area (Å²) in [6.45, 7) is 3.39. The molecule has 0 spiro atoms. The summed E-state index contributed by atoms with van der Waals surface area (Å²) in [4.78, 5) is 22.2. The number of phenols is 1. The van der Waals surface area contributed by atoms with E-state index in [0.717, 1.165) is 18.2 Å². The van der Waals surface area contributed by atoms with E-state index in [1.54, 1.807) is 13.8 Å². The first-order valence-corrected chi connectivity index (χ1v) is 5.61. The summed E-state index contributed by atoms with van der Waals surface area (Å²) in [5.74, 6) is -0.886. The maximum absolute atomic E-state index is 12.0. The number of benzene rings is 1. The van der Waals surface area contributed by atoms with Crippen molar-refractivity contribution in [2.45, 2.75) is 13.8 Å². The number of aromatic nitrogens is 1. The van der Waals surface area contributed by atoms with Crippen molar-refractivity contribution in [2.24, 2.45) is 0 Å². The molecule has 0 bridgehead atoms. The third-order valence-electron chi connectivity index (χ3n) is 2.81. The van der Waals surface area contributed by atoms with Gasteiger partial charge in [-0.25, -0.2) is 0 Å². The van der Waals surface area contributed by atoms with Gasteiger partial charge < -0.3 is 9.63 Å². The van der Waals surface area contributed by atoms with Crippen molar-refractivity contribution in [3.05, 3.63) is 45.1 Å². The van der Waals surface area contributed by atoms with Crippen LogP contribution in [0.15, 0.2) is 22.7 Å². The number of hydrogen-bond acceptors (Lipinski definition) is 6. The summed E-state index contributed by atoms with van der Waals surface area (Å²) in [5, 5.41) is 26.3. The first kappa shape index (κ1) is 13.5. The van der Waals surface area contributed by atoms with Crippen molar-refractivity contribution in [2.75, 3.05) is 5.32 Å². The highest BCUT2D eigenvalue weighted by atomic mass is 16.6. The van der Waals surface area contributed by atoms with Gasteiger partial charge in [0.15, 0.2) is 0 Å². The number of nitrogens with zero attached hydrogens (tertiary/aromatic N) is 2. The van der Waals surface area contributed by atoms with Crippen LogP contribution in [0, 0.1) is 24.0 Å². The lowest BCUT2D eigenvalue weighted by molar-refractivity contribution is -0.385. The monoisotopic (exact) mass is 277 g/mol. The Morgan fingerprint density at radius 3 is 2.70 bits per heavy atom. The Bertz CT molecular complexity index is 692. The van der Waals surface area contributed by atoms with Gasteiger partial charge in [-0.15, -0.1) is 0 Å². The smallest absolute Gasteiger partial charge is 0.282 e. The molecule has 1 aromatic carbocycles. The lowest BCUT2D eigenvalue weighted by atomic mass is 10.1. The first-order chi connectivity index (χ1) is 9.40. The lowest BCUT2D eigenvalue weighted by Gasteiger charge is -2.04. The molecular weight excluding hydrogens is 266 g/mol. The normalized spacial score (nSPS) is 10.3. The van der Waals surface area contributed by atoms with E-state index in [2.05, 4.69) is 10.5 Å². The molecule has 0 aliphatic rings. The van der Waals surface area contributed by atoms with Crippen molar-refractivity contribution in [3.8, 4) is 5.75 Å². The number of nitrogens with one attached hydrogen (secondary N) is 1. The average Bonchev–Trinajstić information content (AvgIpc) is 2.70. The number of aromatic hydroxyl groups is 1. The molecule has 0 saturated carbocycles. The Kier molecular flexibility index (Phi) is 3.38. The molecule has 0 saturated heterocycles. The Balaban J connectivity index is 2.36. The van der Waals surface area contributed by atoms with E-state index in [-0.39, 0.29) is 17.2 Å². The van der Waals surface area contributed by atoms with Gasteiger partial charge >= 0.3 is 0 Å². The van der Waals surface area contributed by atoms with Crippen molar-refractivity contribution in [1.29, 1.82) is 0 Å². The minimum absolute atomic E-state index is 0.116. The van der Waals surface area contributed by atoms with Gasteiger partial charge in [0.1, 0.15) is 11.3 Å². The predicted octanol–water partition coefficient (Wildman–Crippen LogP) is 2.16. The van der Waals surface area contributed by atoms with Crippen LogP contribution in [0.5, 0.6) is 5.75 Å². The molecule has 2 aromatic rings. The summed E-state index contributed by atoms with van der Waals surface area (Å²) in [6, 6.07) is 3.22. The van der Waals surface area contributed by atoms with E-state index in [1.165, 1.54) is 0 Å². The number of aryl methyl sites for hydroxylation is 1. The first-order valence-electron chi connectivity index (χ1n) is 5.61. The van der Waals surface area contributed by atoms with E-state index in [1.807, 2.05) is 0 Å². The van der Waals surface area contributed by atoms with Gasteiger partial charge in [0.2, 0.25) is 5.88 Å². The third kappa shape index (κ3) is 2.44. The highest BCUT2D eigenvalue weighted by Gasteiger charge is 2.22. The third-order valence-corrected chi connectivity index (χ3v) is 2.81. The van der Waals surface area contributed by atoms with Gasteiger partial charge in [-0.05, 0) is 26.0 Å². The minimum Gasteiger partial charge on any atom is -0.508 e. The Labute approximate surface area is 113 Å². The second-order valence-corrected chi connectivity index (χ2v) is 4.13. The van der Waals surface area contributed by atoms with E-state index in [0.29, 0.717) is 11.3 Å². The zero-order valence-corrected chi connectivity index (χ0v) is 10.7. The summed E-state index contributed by atoms with van der Waals surface area (Å²) >= 11 is 0. The van der Waals surface area contributed by atoms with Crippen molar-refractivity contribution in [3.63, 3.8) is 0 Å². The van der Waals surface area contributed by atoms with Crippen LogP contribution in [0.2, 0.25) is 0 Å². The van der Waals surface area contributed by atoms with Gasteiger partial charge in [0.25, 0.3) is 11.6 Å². The number of carbonyl (C=O) groups is 1. The van der Waals surface area contributed by atoms with Crippen LogP contribution >= 0.6 is 0 Å². The Hall–Kier alpha value is -2.90. The maximum Gasteiger partial charge on any atom is 0.282 e. The molecule has 2 rings (SSSR count). The quantitative estimate of drug-likeness (QED) is 0.655. The number of rotatable bonds is 3. The van der Waals surface area contributed by atoms with Crippen LogP contribution in [-0.2, 0) is 0 Å². The second kappa shape index (κ2) is 5.00. The molecule has 0 radical (unpaired) electrons. The van der Waals surface area contributed by atoms with E-state index in [9.17, 15) is 20.0 Å². The van der Waals surface area contributed by atoms with Crippen LogP contribution in [0.1, 0.15) is 21.6 Å². The molecule has 104 valence electrons. The molecule has 1 aromatic heterocycles.